The number of anilines is 1. The van der Waals surface area contributed by atoms with Gasteiger partial charge >= 0.3 is 5.69 Å². The minimum Gasteiger partial charge on any atom is -0.339 e. The third-order valence-corrected chi connectivity index (χ3v) is 5.01. The van der Waals surface area contributed by atoms with Gasteiger partial charge in [0.1, 0.15) is 5.82 Å². The van der Waals surface area contributed by atoms with Crippen molar-refractivity contribution in [3.63, 3.8) is 0 Å². The molecular weight excluding hydrogens is 443 g/mol. The van der Waals surface area contributed by atoms with Gasteiger partial charge in [-0.15, -0.1) is 0 Å². The van der Waals surface area contributed by atoms with E-state index in [1.54, 1.807) is 25.1 Å². The van der Waals surface area contributed by atoms with Gasteiger partial charge in [-0.1, -0.05) is 28.9 Å². The number of rotatable bonds is 7. The highest BCUT2D eigenvalue weighted by molar-refractivity contribution is 5.90. The average Bonchev–Trinajstić information content (AvgIpc) is 3.28. The van der Waals surface area contributed by atoms with Crippen LogP contribution in [0.1, 0.15) is 24.8 Å². The van der Waals surface area contributed by atoms with Crippen LogP contribution in [0.15, 0.2) is 62.6 Å². The van der Waals surface area contributed by atoms with Crippen molar-refractivity contribution < 1.29 is 13.7 Å². The predicted molar refractivity (Wildman–Crippen MR) is 121 cm³/mol. The summed E-state index contributed by atoms with van der Waals surface area (Å²) in [6.45, 7) is 3.71. The normalized spacial score (nSPS) is 10.9. The van der Waals surface area contributed by atoms with Crippen molar-refractivity contribution >= 4 is 11.6 Å². The highest BCUT2D eigenvalue weighted by Gasteiger charge is 2.20. The third kappa shape index (κ3) is 4.82. The standard InChI is InChI=1S/C23H21FN6O4/c1-3-29-22(32)20(27-30(23(29)33)17-9-7-14(2)8-10-17)21-26-19(34-28-21)12-11-18(31)25-16-6-4-5-15(24)13-16/h4-10,13H,3,11-12H2,1-2H3,(H,25,31). The maximum Gasteiger partial charge on any atom is 0.352 e. The van der Waals surface area contributed by atoms with E-state index in [0.717, 1.165) is 14.8 Å². The zero-order valence-electron chi connectivity index (χ0n) is 18.5. The topological polar surface area (TPSA) is 125 Å². The lowest BCUT2D eigenvalue weighted by molar-refractivity contribution is -0.116. The molecule has 34 heavy (non-hydrogen) atoms. The molecule has 2 heterocycles. The van der Waals surface area contributed by atoms with E-state index in [-0.39, 0.29) is 42.7 Å². The Balaban J connectivity index is 1.57. The van der Waals surface area contributed by atoms with Crippen molar-refractivity contribution in [2.24, 2.45) is 0 Å². The second kappa shape index (κ2) is 9.61. The molecule has 4 aromatic rings. The zero-order chi connectivity index (χ0) is 24.2. The molecule has 0 unspecified atom stereocenters. The molecule has 1 N–H and O–H groups in total. The lowest BCUT2D eigenvalue weighted by Crippen LogP contribution is -2.41. The molecule has 0 aliphatic heterocycles. The summed E-state index contributed by atoms with van der Waals surface area (Å²) in [5.74, 6) is -0.809. The Kier molecular flexibility index (Phi) is 6.44. The van der Waals surface area contributed by atoms with Crippen LogP contribution >= 0.6 is 0 Å². The number of aromatic nitrogens is 5. The summed E-state index contributed by atoms with van der Waals surface area (Å²) in [7, 11) is 0. The van der Waals surface area contributed by atoms with Gasteiger partial charge in [0.05, 0.1) is 5.69 Å². The van der Waals surface area contributed by atoms with Crippen LogP contribution < -0.4 is 16.6 Å². The van der Waals surface area contributed by atoms with E-state index in [9.17, 15) is 18.8 Å². The lowest BCUT2D eigenvalue weighted by Gasteiger charge is -2.09. The summed E-state index contributed by atoms with van der Waals surface area (Å²) in [5.41, 5.74) is 0.437. The van der Waals surface area contributed by atoms with Gasteiger partial charge in [-0.2, -0.15) is 14.8 Å². The van der Waals surface area contributed by atoms with E-state index in [1.165, 1.54) is 18.2 Å². The first kappa shape index (κ1) is 22.8. The van der Waals surface area contributed by atoms with Crippen molar-refractivity contribution in [1.29, 1.82) is 0 Å². The van der Waals surface area contributed by atoms with Crippen LogP contribution in [0.3, 0.4) is 0 Å². The van der Waals surface area contributed by atoms with Gasteiger partial charge < -0.3 is 9.84 Å². The largest absolute Gasteiger partial charge is 0.352 e. The Labute approximate surface area is 192 Å². The average molecular weight is 464 g/mol. The molecule has 0 fully saturated rings. The van der Waals surface area contributed by atoms with Gasteiger partial charge in [-0.3, -0.25) is 14.2 Å². The molecule has 0 aliphatic rings. The molecule has 0 atom stereocenters. The van der Waals surface area contributed by atoms with E-state index in [4.69, 9.17) is 4.52 Å². The van der Waals surface area contributed by atoms with Gasteiger partial charge in [0.2, 0.25) is 17.6 Å². The van der Waals surface area contributed by atoms with Gasteiger partial charge in [-0.25, -0.2) is 9.18 Å². The number of carbonyl (C=O) groups is 1. The number of benzene rings is 2. The first-order valence-electron chi connectivity index (χ1n) is 10.6. The number of hydrogen-bond donors (Lipinski definition) is 1. The van der Waals surface area contributed by atoms with E-state index in [0.29, 0.717) is 11.4 Å². The van der Waals surface area contributed by atoms with Crippen LogP contribution in [0.25, 0.3) is 17.2 Å². The first-order valence-corrected chi connectivity index (χ1v) is 10.6. The number of halogens is 1. The molecule has 0 aliphatic carbocycles. The molecular formula is C23H21FN6O4. The number of carbonyl (C=O) groups excluding carboxylic acids is 1. The van der Waals surface area contributed by atoms with E-state index in [1.807, 2.05) is 19.1 Å². The number of amides is 1. The Morgan fingerprint density at radius 1 is 1.15 bits per heavy atom. The third-order valence-electron chi connectivity index (χ3n) is 5.01. The molecule has 0 spiro atoms. The maximum absolute atomic E-state index is 13.3. The van der Waals surface area contributed by atoms with Crippen molar-refractivity contribution in [3.8, 4) is 17.2 Å². The summed E-state index contributed by atoms with van der Waals surface area (Å²) < 4.78 is 20.6. The maximum atomic E-state index is 13.3. The van der Waals surface area contributed by atoms with Crippen molar-refractivity contribution in [3.05, 3.63) is 86.6 Å². The van der Waals surface area contributed by atoms with Gasteiger partial charge in [0, 0.05) is 25.1 Å². The van der Waals surface area contributed by atoms with E-state index in [2.05, 4.69) is 20.6 Å². The fourth-order valence-corrected chi connectivity index (χ4v) is 3.25. The first-order chi connectivity index (χ1) is 16.4. The molecule has 0 radical (unpaired) electrons. The van der Waals surface area contributed by atoms with Crippen LogP contribution in [0.2, 0.25) is 0 Å². The zero-order valence-corrected chi connectivity index (χ0v) is 18.5. The van der Waals surface area contributed by atoms with Crippen LogP contribution in [0, 0.1) is 12.7 Å². The van der Waals surface area contributed by atoms with Gasteiger partial charge in [0.15, 0.2) is 5.69 Å². The molecule has 2 aromatic heterocycles. The molecule has 0 saturated carbocycles. The minimum atomic E-state index is -0.646. The summed E-state index contributed by atoms with van der Waals surface area (Å²) in [6.07, 6.45) is 0.0847. The van der Waals surface area contributed by atoms with E-state index >= 15 is 0 Å². The Morgan fingerprint density at radius 3 is 2.62 bits per heavy atom. The van der Waals surface area contributed by atoms with Crippen LogP contribution in [-0.4, -0.2) is 30.4 Å². The van der Waals surface area contributed by atoms with Crippen LogP contribution in [0.4, 0.5) is 10.1 Å². The Bertz CT molecular complexity index is 1460. The molecule has 1 amide bonds. The number of nitrogens with zero attached hydrogens (tertiary/aromatic N) is 5. The summed E-state index contributed by atoms with van der Waals surface area (Å²) in [4.78, 5) is 41.9. The summed E-state index contributed by atoms with van der Waals surface area (Å²) >= 11 is 0. The fraction of sp³-hybridized carbons (Fsp3) is 0.217. The lowest BCUT2D eigenvalue weighted by atomic mass is 10.2. The molecule has 10 nitrogen and oxygen atoms in total. The van der Waals surface area contributed by atoms with Crippen molar-refractivity contribution in [2.45, 2.75) is 33.2 Å². The highest BCUT2D eigenvalue weighted by Crippen LogP contribution is 2.13. The van der Waals surface area contributed by atoms with Crippen LogP contribution in [0.5, 0.6) is 0 Å². The Hall–Kier alpha value is -4.41. The summed E-state index contributed by atoms with van der Waals surface area (Å²) in [5, 5.41) is 10.6. The highest BCUT2D eigenvalue weighted by atomic mass is 19.1. The minimum absolute atomic E-state index is 0.00632. The molecule has 4 rings (SSSR count). The smallest absolute Gasteiger partial charge is 0.339 e. The van der Waals surface area contributed by atoms with Crippen molar-refractivity contribution in [2.75, 3.05) is 5.32 Å². The molecule has 0 saturated heterocycles. The summed E-state index contributed by atoms with van der Waals surface area (Å²) in [6, 6.07) is 12.6. The monoisotopic (exact) mass is 464 g/mol. The second-order valence-electron chi connectivity index (χ2n) is 7.50. The van der Waals surface area contributed by atoms with Gasteiger partial charge in [0.25, 0.3) is 5.56 Å². The molecule has 174 valence electrons. The fourth-order valence-electron chi connectivity index (χ4n) is 3.25. The van der Waals surface area contributed by atoms with Gasteiger partial charge in [-0.05, 0) is 44.2 Å². The Morgan fingerprint density at radius 2 is 1.91 bits per heavy atom. The van der Waals surface area contributed by atoms with E-state index < -0.39 is 17.1 Å². The second-order valence-corrected chi connectivity index (χ2v) is 7.50. The quantitative estimate of drug-likeness (QED) is 0.445. The SMILES string of the molecule is CCn1c(=O)c(-c2noc(CCC(=O)Nc3cccc(F)c3)n2)nn(-c2ccc(C)cc2)c1=O. The number of nitrogens with one attached hydrogen (secondary N) is 1. The number of hydrogen-bond acceptors (Lipinski definition) is 7. The molecule has 11 heteroatoms. The van der Waals surface area contributed by atoms with Crippen molar-refractivity contribution in [1.82, 2.24) is 24.5 Å². The molecule has 0 bridgehead atoms. The number of aryl methyl sites for hydroxylation is 2. The molecule has 2 aromatic carbocycles. The van der Waals surface area contributed by atoms with Crippen LogP contribution in [-0.2, 0) is 17.8 Å². The predicted octanol–water partition coefficient (Wildman–Crippen LogP) is 2.48.